The summed E-state index contributed by atoms with van der Waals surface area (Å²) in [5.74, 6) is -0.826. The number of rotatable bonds is 2. The third kappa shape index (κ3) is 2.49. The number of fused-ring (bicyclic) bond motifs is 1. The lowest BCUT2D eigenvalue weighted by molar-refractivity contribution is -0.200. The molecule has 0 aliphatic carbocycles. The number of nitrogens with one attached hydrogen (secondary N) is 1. The molecule has 4 atom stereocenters. The zero-order valence-electron chi connectivity index (χ0n) is 11.4. The lowest BCUT2D eigenvalue weighted by atomic mass is 10.1. The molecule has 3 heterocycles. The molecule has 2 fully saturated rings. The maximum atomic E-state index is 12.0. The smallest absolute Gasteiger partial charge is 0.330 e. The average molecular weight is 363 g/mol. The summed E-state index contributed by atoms with van der Waals surface area (Å²) in [5.41, 5.74) is -1.13. The van der Waals surface area contributed by atoms with Crippen LogP contribution < -0.4 is 11.2 Å². The van der Waals surface area contributed by atoms with E-state index in [1.54, 1.807) is 13.8 Å². The van der Waals surface area contributed by atoms with Gasteiger partial charge in [0.25, 0.3) is 5.56 Å². The fraction of sp³-hybridized carbons (Fsp3) is 0.667. The Labute approximate surface area is 127 Å². The van der Waals surface area contributed by atoms with E-state index in [0.29, 0.717) is 0 Å². The SMILES string of the molecule is CC1(C)OC2C(O1)[C@@H](CO)O[C@H]2n1cc(Br)c(=O)[nH]c1=O. The van der Waals surface area contributed by atoms with Crippen LogP contribution in [0.3, 0.4) is 0 Å². The summed E-state index contributed by atoms with van der Waals surface area (Å²) in [6.07, 6.45) is -1.06. The molecule has 0 bridgehead atoms. The summed E-state index contributed by atoms with van der Waals surface area (Å²) in [5, 5.41) is 9.40. The van der Waals surface area contributed by atoms with E-state index in [1.165, 1.54) is 10.8 Å². The Morgan fingerprint density at radius 3 is 2.71 bits per heavy atom. The molecule has 8 nitrogen and oxygen atoms in total. The van der Waals surface area contributed by atoms with Gasteiger partial charge in [0.15, 0.2) is 12.0 Å². The second-order valence-electron chi connectivity index (χ2n) is 5.46. The van der Waals surface area contributed by atoms with Crippen LogP contribution >= 0.6 is 15.9 Å². The van der Waals surface area contributed by atoms with Gasteiger partial charge in [0.05, 0.1) is 11.1 Å². The fourth-order valence-electron chi connectivity index (χ4n) is 2.68. The van der Waals surface area contributed by atoms with E-state index in [-0.39, 0.29) is 11.1 Å². The molecule has 2 saturated heterocycles. The average Bonchev–Trinajstić information content (AvgIpc) is 2.87. The Kier molecular flexibility index (Phi) is 3.57. The molecular weight excluding hydrogens is 348 g/mol. The van der Waals surface area contributed by atoms with E-state index in [2.05, 4.69) is 20.9 Å². The second kappa shape index (κ2) is 5.03. The maximum absolute atomic E-state index is 12.0. The largest absolute Gasteiger partial charge is 0.394 e. The van der Waals surface area contributed by atoms with Crippen molar-refractivity contribution in [1.29, 1.82) is 0 Å². The molecule has 0 spiro atoms. The van der Waals surface area contributed by atoms with Crippen LogP contribution in [-0.4, -0.2) is 45.4 Å². The highest BCUT2D eigenvalue weighted by Gasteiger charge is 2.55. The minimum atomic E-state index is -0.826. The van der Waals surface area contributed by atoms with Gasteiger partial charge in [-0.05, 0) is 29.8 Å². The second-order valence-corrected chi connectivity index (χ2v) is 6.31. The quantitative estimate of drug-likeness (QED) is 0.749. The van der Waals surface area contributed by atoms with E-state index in [1.807, 2.05) is 0 Å². The topological polar surface area (TPSA) is 103 Å². The van der Waals surface area contributed by atoms with E-state index in [9.17, 15) is 14.7 Å². The molecule has 3 rings (SSSR count). The van der Waals surface area contributed by atoms with Crippen LogP contribution in [0, 0.1) is 0 Å². The van der Waals surface area contributed by atoms with Crippen LogP contribution in [0.4, 0.5) is 0 Å². The first-order valence-electron chi connectivity index (χ1n) is 6.45. The number of aliphatic hydroxyl groups is 1. The molecule has 2 unspecified atom stereocenters. The Morgan fingerprint density at radius 2 is 2.05 bits per heavy atom. The van der Waals surface area contributed by atoms with Crippen molar-refractivity contribution in [3.63, 3.8) is 0 Å². The van der Waals surface area contributed by atoms with Gasteiger partial charge >= 0.3 is 5.69 Å². The van der Waals surface area contributed by atoms with Gasteiger partial charge in [-0.1, -0.05) is 0 Å². The molecule has 0 amide bonds. The van der Waals surface area contributed by atoms with Crippen LogP contribution in [0.1, 0.15) is 20.1 Å². The number of ether oxygens (including phenoxy) is 3. The van der Waals surface area contributed by atoms with Crippen LogP contribution in [0.5, 0.6) is 0 Å². The minimum Gasteiger partial charge on any atom is -0.394 e. The predicted molar refractivity (Wildman–Crippen MR) is 73.8 cm³/mol. The van der Waals surface area contributed by atoms with E-state index >= 15 is 0 Å². The highest BCUT2D eigenvalue weighted by atomic mass is 79.9. The number of hydrogen-bond donors (Lipinski definition) is 2. The fourth-order valence-corrected chi connectivity index (χ4v) is 3.00. The zero-order chi connectivity index (χ0) is 15.4. The number of aromatic nitrogens is 2. The number of H-pyrrole nitrogens is 1. The summed E-state index contributed by atoms with van der Waals surface area (Å²) < 4.78 is 18.6. The molecule has 0 radical (unpaired) electrons. The lowest BCUT2D eigenvalue weighted by Gasteiger charge is -2.24. The first kappa shape index (κ1) is 14.9. The first-order chi connectivity index (χ1) is 9.82. The van der Waals surface area contributed by atoms with Gasteiger partial charge in [-0.25, -0.2) is 4.79 Å². The number of nitrogens with zero attached hydrogens (tertiary/aromatic N) is 1. The summed E-state index contributed by atoms with van der Waals surface area (Å²) in [7, 11) is 0. The van der Waals surface area contributed by atoms with Crippen LogP contribution in [0.2, 0.25) is 0 Å². The zero-order valence-corrected chi connectivity index (χ0v) is 13.0. The molecule has 2 N–H and O–H groups in total. The number of aromatic amines is 1. The van der Waals surface area contributed by atoms with Gasteiger partial charge in [-0.3, -0.25) is 14.3 Å². The molecule has 1 aromatic heterocycles. The van der Waals surface area contributed by atoms with Crippen molar-refractivity contribution in [3.05, 3.63) is 31.5 Å². The standard InChI is InChI=1S/C12H15BrN2O6/c1-12(2)20-7-6(4-16)19-10(8(7)21-12)15-3-5(13)9(17)14-11(15)18/h3,6-8,10,16H,4H2,1-2H3,(H,14,17,18)/t6-,7?,8?,10-/m1/s1. The van der Waals surface area contributed by atoms with Gasteiger partial charge < -0.3 is 19.3 Å². The molecule has 116 valence electrons. The summed E-state index contributed by atoms with van der Waals surface area (Å²) in [6.45, 7) is 3.25. The minimum absolute atomic E-state index is 0.202. The van der Waals surface area contributed by atoms with Crippen LogP contribution in [0.15, 0.2) is 20.3 Å². The summed E-state index contributed by atoms with van der Waals surface area (Å²) in [6, 6.07) is 0. The molecule has 2 aliphatic rings. The van der Waals surface area contributed by atoms with Crippen molar-refractivity contribution in [2.24, 2.45) is 0 Å². The summed E-state index contributed by atoms with van der Waals surface area (Å²) >= 11 is 3.07. The van der Waals surface area contributed by atoms with Crippen molar-refractivity contribution < 1.29 is 19.3 Å². The number of hydrogen-bond acceptors (Lipinski definition) is 6. The Bertz CT molecular complexity index is 668. The van der Waals surface area contributed by atoms with Crippen molar-refractivity contribution in [2.45, 2.75) is 44.2 Å². The van der Waals surface area contributed by atoms with Gasteiger partial charge in [0.1, 0.15) is 18.3 Å². The Hall–Kier alpha value is -1.00. The molecule has 9 heteroatoms. The van der Waals surface area contributed by atoms with Crippen LogP contribution in [-0.2, 0) is 14.2 Å². The molecule has 1 aromatic rings. The third-order valence-corrected chi connectivity index (χ3v) is 4.07. The normalized spacial score (nSPS) is 34.1. The van der Waals surface area contributed by atoms with Crippen LogP contribution in [0.25, 0.3) is 0 Å². The van der Waals surface area contributed by atoms with E-state index in [4.69, 9.17) is 14.2 Å². The lowest BCUT2D eigenvalue weighted by Crippen LogP contribution is -2.37. The maximum Gasteiger partial charge on any atom is 0.330 e. The number of halogens is 1. The first-order valence-corrected chi connectivity index (χ1v) is 7.24. The van der Waals surface area contributed by atoms with E-state index < -0.39 is 41.6 Å². The highest BCUT2D eigenvalue weighted by molar-refractivity contribution is 9.10. The van der Waals surface area contributed by atoms with Crippen molar-refractivity contribution >= 4 is 15.9 Å². The monoisotopic (exact) mass is 362 g/mol. The Morgan fingerprint density at radius 1 is 1.38 bits per heavy atom. The molecule has 0 aromatic carbocycles. The summed E-state index contributed by atoms with van der Waals surface area (Å²) in [4.78, 5) is 25.6. The number of aliphatic hydroxyl groups excluding tert-OH is 1. The highest BCUT2D eigenvalue weighted by Crippen LogP contribution is 2.42. The van der Waals surface area contributed by atoms with Gasteiger partial charge in [-0.15, -0.1) is 0 Å². The predicted octanol–water partition coefficient (Wildman–Crippen LogP) is -0.291. The van der Waals surface area contributed by atoms with Gasteiger partial charge in [0.2, 0.25) is 0 Å². The van der Waals surface area contributed by atoms with E-state index in [0.717, 1.165) is 0 Å². The van der Waals surface area contributed by atoms with Crippen molar-refractivity contribution in [1.82, 2.24) is 9.55 Å². The molecule has 21 heavy (non-hydrogen) atoms. The Balaban J connectivity index is 2.01. The van der Waals surface area contributed by atoms with Crippen molar-refractivity contribution in [3.8, 4) is 0 Å². The third-order valence-electron chi connectivity index (χ3n) is 3.50. The van der Waals surface area contributed by atoms with Crippen molar-refractivity contribution in [2.75, 3.05) is 6.61 Å². The van der Waals surface area contributed by atoms with Gasteiger partial charge in [-0.2, -0.15) is 0 Å². The molecular formula is C12H15BrN2O6. The molecule has 0 saturated carbocycles. The van der Waals surface area contributed by atoms with Gasteiger partial charge in [0, 0.05) is 6.20 Å². The molecule has 2 aliphatic heterocycles.